The number of halogens is 2. The Balaban J connectivity index is 1.55. The largest absolute Gasteiger partial charge is 0.404 e. The maximum atomic E-state index is 13.7. The fourth-order valence-corrected chi connectivity index (χ4v) is 4.00. The number of aromatic nitrogens is 2. The van der Waals surface area contributed by atoms with E-state index in [1.807, 2.05) is 0 Å². The molecule has 2 aromatic heterocycles. The van der Waals surface area contributed by atoms with Gasteiger partial charge in [-0.1, -0.05) is 18.2 Å². The van der Waals surface area contributed by atoms with Crippen LogP contribution in [0, 0.1) is 5.82 Å². The van der Waals surface area contributed by atoms with Crippen molar-refractivity contribution < 1.29 is 14.6 Å². The first-order chi connectivity index (χ1) is 15.8. The highest BCUT2D eigenvalue weighted by Gasteiger charge is 2.27. The maximum Gasteiger partial charge on any atom is 0.251 e. The lowest BCUT2D eigenvalue weighted by Gasteiger charge is -2.36. The summed E-state index contributed by atoms with van der Waals surface area (Å²) in [6.07, 6.45) is 4.26. The number of fused-ring (bicyclic) bond motifs is 1. The van der Waals surface area contributed by atoms with Crippen molar-refractivity contribution in [3.8, 4) is 0 Å². The quantitative estimate of drug-likeness (QED) is 0.399. The minimum Gasteiger partial charge on any atom is -0.404 e. The molecule has 1 aliphatic rings. The van der Waals surface area contributed by atoms with Crippen molar-refractivity contribution in [3.05, 3.63) is 75.6 Å². The van der Waals surface area contributed by atoms with Crippen molar-refractivity contribution in [2.75, 3.05) is 32.8 Å². The number of rotatable bonds is 9. The van der Waals surface area contributed by atoms with Gasteiger partial charge in [-0.2, -0.15) is 0 Å². The Bertz CT molecular complexity index is 1120. The summed E-state index contributed by atoms with van der Waals surface area (Å²) in [6, 6.07) is 4.19. The highest BCUT2D eigenvalue weighted by molar-refractivity contribution is 6.32. The van der Waals surface area contributed by atoms with E-state index in [9.17, 15) is 14.3 Å². The lowest BCUT2D eigenvalue weighted by molar-refractivity contribution is 0.0402. The minimum absolute atomic E-state index is 0.136. The summed E-state index contributed by atoms with van der Waals surface area (Å²) >= 11 is 6.09. The van der Waals surface area contributed by atoms with Gasteiger partial charge in [0, 0.05) is 49.4 Å². The second-order valence-electron chi connectivity index (χ2n) is 8.02. The molecule has 33 heavy (non-hydrogen) atoms. The van der Waals surface area contributed by atoms with Crippen LogP contribution < -0.4 is 16.6 Å². The first kappa shape index (κ1) is 25.1. The molecular formula is C23H29ClFN5O3. The van der Waals surface area contributed by atoms with Crippen molar-refractivity contribution in [2.45, 2.75) is 25.1 Å². The van der Waals surface area contributed by atoms with Crippen molar-refractivity contribution in [1.29, 1.82) is 0 Å². The van der Waals surface area contributed by atoms with Crippen LogP contribution in [-0.2, 0) is 6.54 Å². The van der Waals surface area contributed by atoms with Gasteiger partial charge in [-0.25, -0.2) is 4.39 Å². The molecule has 5 N–H and O–H groups in total. The predicted molar refractivity (Wildman–Crippen MR) is 127 cm³/mol. The molecule has 3 heterocycles. The molecule has 0 spiro atoms. The molecule has 8 nitrogen and oxygen atoms in total. The van der Waals surface area contributed by atoms with Gasteiger partial charge in [0.15, 0.2) is 0 Å². The fourth-order valence-electron chi connectivity index (χ4n) is 3.80. The average Bonchev–Trinajstić information content (AvgIpc) is 2.81. The SMILES string of the molecule is C=C(CO)/C(Cl)=C\C(=C/N)CN[C@H]1CCN(CCn2c(=O)ccc3ncc(F)cc32)C[C@H]1O. The molecule has 0 amide bonds. The number of nitrogens with zero attached hydrogens (tertiary/aromatic N) is 3. The van der Waals surface area contributed by atoms with Crippen molar-refractivity contribution in [3.63, 3.8) is 0 Å². The van der Waals surface area contributed by atoms with Gasteiger partial charge in [-0.15, -0.1) is 0 Å². The normalized spacial score (nSPS) is 20.4. The maximum absolute atomic E-state index is 13.7. The van der Waals surface area contributed by atoms with E-state index < -0.39 is 11.9 Å². The van der Waals surface area contributed by atoms with E-state index in [4.69, 9.17) is 22.4 Å². The van der Waals surface area contributed by atoms with Crippen molar-refractivity contribution >= 4 is 22.6 Å². The van der Waals surface area contributed by atoms with Crippen LogP contribution in [0.25, 0.3) is 11.0 Å². The Morgan fingerprint density at radius 2 is 2.21 bits per heavy atom. The second-order valence-corrected chi connectivity index (χ2v) is 8.43. The molecule has 1 saturated heterocycles. The van der Waals surface area contributed by atoms with Gasteiger partial charge in [0.25, 0.3) is 5.56 Å². The van der Waals surface area contributed by atoms with Gasteiger partial charge in [-0.3, -0.25) is 14.7 Å². The number of piperidine rings is 1. The van der Waals surface area contributed by atoms with E-state index in [1.54, 1.807) is 12.1 Å². The van der Waals surface area contributed by atoms with Gasteiger partial charge in [-0.05, 0) is 42.5 Å². The summed E-state index contributed by atoms with van der Waals surface area (Å²) in [5.41, 5.74) is 7.56. The summed E-state index contributed by atoms with van der Waals surface area (Å²) in [5, 5.41) is 23.4. The molecule has 2 atom stereocenters. The average molecular weight is 478 g/mol. The van der Waals surface area contributed by atoms with Gasteiger partial charge in [0.1, 0.15) is 5.82 Å². The number of nitrogens with two attached hydrogens (primary N) is 1. The van der Waals surface area contributed by atoms with Crippen LogP contribution in [0.3, 0.4) is 0 Å². The molecule has 0 saturated carbocycles. The monoisotopic (exact) mass is 477 g/mol. The summed E-state index contributed by atoms with van der Waals surface area (Å²) < 4.78 is 15.2. The van der Waals surface area contributed by atoms with Gasteiger partial charge >= 0.3 is 0 Å². The topological polar surface area (TPSA) is 117 Å². The van der Waals surface area contributed by atoms with Crippen LogP contribution in [0.15, 0.2) is 64.2 Å². The molecule has 0 bridgehead atoms. The van der Waals surface area contributed by atoms with Crippen molar-refractivity contribution in [1.82, 2.24) is 19.8 Å². The van der Waals surface area contributed by atoms with Crippen LogP contribution in [0.1, 0.15) is 6.42 Å². The Morgan fingerprint density at radius 3 is 2.91 bits per heavy atom. The smallest absolute Gasteiger partial charge is 0.251 e. The van der Waals surface area contributed by atoms with Crippen LogP contribution in [0.4, 0.5) is 4.39 Å². The summed E-state index contributed by atoms with van der Waals surface area (Å²) in [5.74, 6) is -0.494. The molecule has 0 unspecified atom stereocenters. The number of aliphatic hydroxyl groups is 2. The zero-order valence-corrected chi connectivity index (χ0v) is 19.0. The van der Waals surface area contributed by atoms with E-state index in [1.165, 1.54) is 22.9 Å². The van der Waals surface area contributed by atoms with Gasteiger partial charge < -0.3 is 25.8 Å². The van der Waals surface area contributed by atoms with E-state index in [0.717, 1.165) is 12.7 Å². The zero-order valence-electron chi connectivity index (χ0n) is 18.3. The number of hydrogen-bond acceptors (Lipinski definition) is 7. The third-order valence-electron chi connectivity index (χ3n) is 5.73. The Hall–Kier alpha value is -2.56. The molecule has 3 rings (SSSR count). The number of aliphatic hydroxyl groups excluding tert-OH is 2. The highest BCUT2D eigenvalue weighted by atomic mass is 35.5. The third kappa shape index (κ3) is 6.49. The Morgan fingerprint density at radius 1 is 1.42 bits per heavy atom. The van der Waals surface area contributed by atoms with Gasteiger partial charge in [0.05, 0.1) is 29.9 Å². The molecular weight excluding hydrogens is 449 g/mol. The molecule has 0 radical (unpaired) electrons. The van der Waals surface area contributed by atoms with Crippen LogP contribution in [-0.4, -0.2) is 69.6 Å². The van der Waals surface area contributed by atoms with Crippen LogP contribution in [0.5, 0.6) is 0 Å². The Kier molecular flexibility index (Phi) is 8.76. The standard InChI is InChI=1S/C23H29ClFN5O3/c1-15(14-31)18(24)8-16(10-26)11-27-20-4-5-29(13-22(20)32)6-7-30-21-9-17(25)12-28-19(21)2-3-23(30)33/h2-3,8-10,12,20,22,27,31-32H,1,4-7,11,13-14,26H2/b16-10+,18-8+/t20-,22+/m0/s1. The molecule has 0 aromatic carbocycles. The van der Waals surface area contributed by atoms with E-state index in [-0.39, 0.29) is 18.2 Å². The lowest BCUT2D eigenvalue weighted by atomic mass is 10.0. The number of likely N-dealkylation sites (tertiary alicyclic amines) is 1. The van der Waals surface area contributed by atoms with Crippen LogP contribution in [0.2, 0.25) is 0 Å². The second kappa shape index (κ2) is 11.5. The van der Waals surface area contributed by atoms with Gasteiger partial charge in [0.2, 0.25) is 0 Å². The van der Waals surface area contributed by atoms with Crippen molar-refractivity contribution in [2.24, 2.45) is 5.73 Å². The molecule has 1 fully saturated rings. The molecule has 0 aliphatic carbocycles. The minimum atomic E-state index is -0.618. The van der Waals surface area contributed by atoms with Crippen LogP contribution >= 0.6 is 11.6 Å². The summed E-state index contributed by atoms with van der Waals surface area (Å²) in [4.78, 5) is 18.4. The lowest BCUT2D eigenvalue weighted by Crippen LogP contribution is -2.53. The summed E-state index contributed by atoms with van der Waals surface area (Å²) in [7, 11) is 0. The summed E-state index contributed by atoms with van der Waals surface area (Å²) in [6.45, 7) is 5.89. The number of pyridine rings is 2. The fraction of sp³-hybridized carbons (Fsp3) is 0.391. The number of hydrogen-bond donors (Lipinski definition) is 4. The molecule has 10 heteroatoms. The Labute approximate surface area is 196 Å². The zero-order chi connectivity index (χ0) is 24.0. The first-order valence-corrected chi connectivity index (χ1v) is 11.1. The molecule has 178 valence electrons. The molecule has 2 aromatic rings. The van der Waals surface area contributed by atoms with E-state index in [0.29, 0.717) is 59.8 Å². The number of β-amino-alcohol motifs (C(OH)–C–C–N with tert-alkyl or cyclic N) is 1. The molecule has 1 aliphatic heterocycles. The highest BCUT2D eigenvalue weighted by Crippen LogP contribution is 2.16. The van der Waals surface area contributed by atoms with E-state index >= 15 is 0 Å². The number of nitrogens with one attached hydrogen (secondary N) is 1. The van der Waals surface area contributed by atoms with E-state index in [2.05, 4.69) is 21.8 Å². The first-order valence-electron chi connectivity index (χ1n) is 10.7. The third-order valence-corrected chi connectivity index (χ3v) is 6.11. The predicted octanol–water partition coefficient (Wildman–Crippen LogP) is 1.07.